The number of nitrogens with zero attached hydrogens (tertiary/aromatic N) is 3. The van der Waals surface area contributed by atoms with Crippen molar-refractivity contribution in [2.75, 3.05) is 25.5 Å². The van der Waals surface area contributed by atoms with Gasteiger partial charge in [-0.2, -0.15) is 0 Å². The lowest BCUT2D eigenvalue weighted by molar-refractivity contribution is 0.260. The zero-order valence-corrected chi connectivity index (χ0v) is 16.7. The number of allylic oxidation sites excluding steroid dienone is 2. The van der Waals surface area contributed by atoms with Crippen molar-refractivity contribution < 1.29 is 5.11 Å². The van der Waals surface area contributed by atoms with Crippen molar-refractivity contribution in [2.45, 2.75) is 50.5 Å². The van der Waals surface area contributed by atoms with E-state index in [0.29, 0.717) is 17.9 Å². The molecule has 146 valence electrons. The van der Waals surface area contributed by atoms with Crippen LogP contribution in [0.15, 0.2) is 30.4 Å². The second kappa shape index (κ2) is 6.89. The summed E-state index contributed by atoms with van der Waals surface area (Å²) < 4.78 is 0. The van der Waals surface area contributed by atoms with Gasteiger partial charge in [0, 0.05) is 35.5 Å². The van der Waals surface area contributed by atoms with Gasteiger partial charge in [-0.05, 0) is 69.5 Å². The molecule has 3 atom stereocenters. The molecule has 3 aliphatic carbocycles. The summed E-state index contributed by atoms with van der Waals surface area (Å²) in [7, 11) is 2.18. The van der Waals surface area contributed by atoms with Crippen molar-refractivity contribution in [1.29, 1.82) is 0 Å². The third-order valence-electron chi connectivity index (χ3n) is 6.53. The zero-order valence-electron chi connectivity index (χ0n) is 16.7. The van der Waals surface area contributed by atoms with Crippen molar-refractivity contribution in [3.05, 3.63) is 47.0 Å². The molecule has 5 heteroatoms. The Kier molecular flexibility index (Phi) is 4.35. The predicted molar refractivity (Wildman–Crippen MR) is 112 cm³/mol. The molecule has 5 nitrogen and oxygen atoms in total. The minimum Gasteiger partial charge on any atom is -0.507 e. The lowest BCUT2D eigenvalue weighted by Gasteiger charge is -2.37. The van der Waals surface area contributed by atoms with Crippen LogP contribution in [0.5, 0.6) is 5.75 Å². The summed E-state index contributed by atoms with van der Waals surface area (Å²) >= 11 is 0. The van der Waals surface area contributed by atoms with Crippen LogP contribution in [0.25, 0.3) is 11.3 Å². The number of likely N-dealkylation sites (tertiary alicyclic amines) is 1. The van der Waals surface area contributed by atoms with E-state index in [1.807, 2.05) is 25.1 Å². The number of benzene rings is 1. The van der Waals surface area contributed by atoms with Crippen LogP contribution in [0.4, 0.5) is 5.82 Å². The van der Waals surface area contributed by atoms with Gasteiger partial charge in [-0.3, -0.25) is 0 Å². The zero-order chi connectivity index (χ0) is 19.3. The highest BCUT2D eigenvalue weighted by Gasteiger charge is 2.36. The topological polar surface area (TPSA) is 61.3 Å². The minimum atomic E-state index is 0.288. The van der Waals surface area contributed by atoms with Gasteiger partial charge < -0.3 is 15.3 Å². The summed E-state index contributed by atoms with van der Waals surface area (Å²) in [6.07, 6.45) is 9.36. The van der Waals surface area contributed by atoms with Crippen molar-refractivity contribution in [3.63, 3.8) is 0 Å². The summed E-state index contributed by atoms with van der Waals surface area (Å²) in [5.41, 5.74) is 5.25. The molecule has 2 aromatic rings. The van der Waals surface area contributed by atoms with E-state index in [0.717, 1.165) is 35.6 Å². The monoisotopic (exact) mass is 376 g/mol. The fraction of sp³-hybridized carbons (Fsp3) is 0.478. The van der Waals surface area contributed by atoms with E-state index in [9.17, 15) is 5.11 Å². The summed E-state index contributed by atoms with van der Waals surface area (Å²) in [5, 5.41) is 23.6. The number of fused-ring (bicyclic) bond motifs is 1. The molecule has 2 bridgehead atoms. The Morgan fingerprint density at radius 3 is 2.57 bits per heavy atom. The first-order valence-electron chi connectivity index (χ1n) is 10.4. The number of hydrogen-bond donors (Lipinski definition) is 2. The molecule has 1 saturated heterocycles. The number of aryl methyl sites for hydroxylation is 1. The summed E-state index contributed by atoms with van der Waals surface area (Å²) in [5.74, 6) is 1.99. The van der Waals surface area contributed by atoms with Gasteiger partial charge in [0.25, 0.3) is 0 Å². The first-order chi connectivity index (χ1) is 13.6. The quantitative estimate of drug-likeness (QED) is 0.787. The molecule has 1 aliphatic heterocycles. The first kappa shape index (κ1) is 17.7. The van der Waals surface area contributed by atoms with Crippen LogP contribution < -0.4 is 5.32 Å². The fourth-order valence-corrected chi connectivity index (χ4v) is 5.14. The third kappa shape index (κ3) is 2.98. The maximum absolute atomic E-state index is 10.6. The summed E-state index contributed by atoms with van der Waals surface area (Å²) in [6.45, 7) is 4.20. The highest BCUT2D eigenvalue weighted by Crippen LogP contribution is 2.51. The van der Waals surface area contributed by atoms with Crippen molar-refractivity contribution >= 4 is 5.82 Å². The van der Waals surface area contributed by atoms with Gasteiger partial charge in [0.1, 0.15) is 11.4 Å². The number of aromatic hydroxyl groups is 1. The standard InChI is InChI=1S/C23H28N4O/c1-14-5-10-18(19(28)12-14)22-20-15-6-8-16(9-7-15)21(20)23(26-25-22)24-17-4-3-11-27(2)13-17/h5-6,8,10,12,15-17,28H,3-4,7,9,11,13H2,1-2H3,(H,24,26)/t15?,16?,17-/m1/s1. The summed E-state index contributed by atoms with van der Waals surface area (Å²) in [6, 6.07) is 6.23. The van der Waals surface area contributed by atoms with E-state index < -0.39 is 0 Å². The van der Waals surface area contributed by atoms with Gasteiger partial charge in [-0.1, -0.05) is 18.2 Å². The maximum Gasteiger partial charge on any atom is 0.153 e. The molecule has 1 aromatic carbocycles. The second-order valence-electron chi connectivity index (χ2n) is 8.67. The van der Waals surface area contributed by atoms with Crippen LogP contribution in [0.3, 0.4) is 0 Å². The van der Waals surface area contributed by atoms with Gasteiger partial charge >= 0.3 is 0 Å². The Bertz CT molecular complexity index is 938. The Labute approximate surface area is 166 Å². The highest BCUT2D eigenvalue weighted by molar-refractivity contribution is 5.75. The molecule has 2 unspecified atom stereocenters. The molecular weight excluding hydrogens is 348 g/mol. The Morgan fingerprint density at radius 1 is 1.07 bits per heavy atom. The number of aromatic nitrogens is 2. The lowest BCUT2D eigenvalue weighted by Crippen LogP contribution is -2.40. The van der Waals surface area contributed by atoms with Crippen LogP contribution in [0, 0.1) is 6.92 Å². The number of phenols is 1. The molecular formula is C23H28N4O. The molecule has 0 radical (unpaired) electrons. The van der Waals surface area contributed by atoms with Gasteiger partial charge in [-0.15, -0.1) is 10.2 Å². The van der Waals surface area contributed by atoms with E-state index in [-0.39, 0.29) is 5.75 Å². The van der Waals surface area contributed by atoms with Crippen molar-refractivity contribution in [2.24, 2.45) is 0 Å². The van der Waals surface area contributed by atoms with Crippen LogP contribution >= 0.6 is 0 Å². The van der Waals surface area contributed by atoms with E-state index >= 15 is 0 Å². The molecule has 6 rings (SSSR count). The number of piperidine rings is 1. The molecule has 2 heterocycles. The normalized spacial score (nSPS) is 26.3. The lowest BCUT2D eigenvalue weighted by atomic mass is 9.70. The van der Waals surface area contributed by atoms with Crippen LogP contribution in [0.1, 0.15) is 54.2 Å². The number of rotatable bonds is 3. The molecule has 0 amide bonds. The Hall–Kier alpha value is -2.40. The van der Waals surface area contributed by atoms with E-state index in [1.54, 1.807) is 0 Å². The second-order valence-corrected chi connectivity index (χ2v) is 8.67. The van der Waals surface area contributed by atoms with E-state index in [1.165, 1.54) is 36.9 Å². The van der Waals surface area contributed by atoms with E-state index in [4.69, 9.17) is 0 Å². The molecule has 1 fully saturated rings. The molecule has 4 aliphatic rings. The van der Waals surface area contributed by atoms with Gasteiger partial charge in [-0.25, -0.2) is 0 Å². The molecule has 1 aromatic heterocycles. The van der Waals surface area contributed by atoms with Gasteiger partial charge in [0.15, 0.2) is 5.82 Å². The molecule has 2 N–H and O–H groups in total. The van der Waals surface area contributed by atoms with Gasteiger partial charge in [0.2, 0.25) is 0 Å². The fourth-order valence-electron chi connectivity index (χ4n) is 5.14. The average molecular weight is 377 g/mol. The van der Waals surface area contributed by atoms with Gasteiger partial charge in [0.05, 0.1) is 0 Å². The smallest absolute Gasteiger partial charge is 0.153 e. The number of hydrogen-bond acceptors (Lipinski definition) is 5. The number of phenolic OH excluding ortho intramolecular Hbond substituents is 1. The van der Waals surface area contributed by atoms with E-state index in [2.05, 4.69) is 39.6 Å². The van der Waals surface area contributed by atoms with Crippen molar-refractivity contribution in [1.82, 2.24) is 15.1 Å². The SMILES string of the molecule is Cc1ccc(-c2nnc(N[C@@H]3CCCN(C)C3)c3c2C2C=CC3CC2)c(O)c1. The van der Waals surface area contributed by atoms with Crippen LogP contribution in [-0.4, -0.2) is 46.4 Å². The predicted octanol–water partition coefficient (Wildman–Crippen LogP) is 4.19. The first-order valence-corrected chi connectivity index (χ1v) is 10.4. The summed E-state index contributed by atoms with van der Waals surface area (Å²) in [4.78, 5) is 2.38. The molecule has 0 saturated carbocycles. The van der Waals surface area contributed by atoms with Crippen LogP contribution in [0.2, 0.25) is 0 Å². The van der Waals surface area contributed by atoms with Crippen LogP contribution in [-0.2, 0) is 0 Å². The average Bonchev–Trinajstić information content (AvgIpc) is 2.69. The minimum absolute atomic E-state index is 0.288. The van der Waals surface area contributed by atoms with Crippen molar-refractivity contribution in [3.8, 4) is 17.0 Å². The number of likely N-dealkylation sites (N-methyl/N-ethyl adjacent to an activating group) is 1. The maximum atomic E-state index is 10.6. The Balaban J connectivity index is 1.59. The molecule has 28 heavy (non-hydrogen) atoms. The Morgan fingerprint density at radius 2 is 1.86 bits per heavy atom. The highest BCUT2D eigenvalue weighted by atomic mass is 16.3. The number of anilines is 1. The third-order valence-corrected chi connectivity index (χ3v) is 6.53. The largest absolute Gasteiger partial charge is 0.507 e. The molecule has 0 spiro atoms. The number of nitrogens with one attached hydrogen (secondary N) is 1.